The molecule has 0 saturated heterocycles. The lowest BCUT2D eigenvalue weighted by Gasteiger charge is -2.18. The Labute approximate surface area is 285 Å². The molecule has 8 rings (SSSR count). The van der Waals surface area contributed by atoms with E-state index in [2.05, 4.69) is 121 Å². The topological polar surface area (TPSA) is 49.7 Å². The minimum Gasteiger partial charge on any atom is -0.507 e. The second-order valence-corrected chi connectivity index (χ2v) is 12.5. The summed E-state index contributed by atoms with van der Waals surface area (Å²) in [6.45, 7) is 0.0499. The van der Waals surface area contributed by atoms with E-state index in [1.54, 1.807) is 6.07 Å². The van der Waals surface area contributed by atoms with Gasteiger partial charge in [-0.15, -0.1) is 0 Å². The predicted octanol–water partition coefficient (Wildman–Crippen LogP) is 10.2. The van der Waals surface area contributed by atoms with E-state index in [0.29, 0.717) is 12.2 Å². The number of phenols is 1. The molecule has 0 heterocycles. The fraction of sp³-hybridized carbons (Fsp3) is 0.0870. The molecule has 0 unspecified atom stereocenters. The standard InChI is InChI=1S/C46H34O3/c47-24-25-49-44-23-19-40-28-32(7-5-6-31-12-16-35-8-1-3-10-37(35)27-31)14-20-42(40)46(44)45-41-21-15-34(30-39(41)18-22-43(45)48)26-33-13-17-36-9-2-4-11-38(36)29-33/h1-4,8-23,27-30,47-48H,7,24-26H2. The van der Waals surface area contributed by atoms with Crippen molar-refractivity contribution in [1.82, 2.24) is 0 Å². The average Bonchev–Trinajstić information content (AvgIpc) is 3.14. The third kappa shape index (κ3) is 6.19. The molecule has 0 spiro atoms. The number of ether oxygens (including phenoxy) is 1. The van der Waals surface area contributed by atoms with Gasteiger partial charge >= 0.3 is 0 Å². The number of aliphatic hydroxyl groups excluding tert-OH is 1. The number of hydrogen-bond donors (Lipinski definition) is 2. The summed E-state index contributed by atoms with van der Waals surface area (Å²) in [4.78, 5) is 0. The van der Waals surface area contributed by atoms with Crippen LogP contribution in [0.2, 0.25) is 0 Å². The zero-order valence-electron chi connectivity index (χ0n) is 27.0. The maximum absolute atomic E-state index is 11.4. The molecule has 0 atom stereocenters. The normalized spacial score (nSPS) is 11.2. The number of phenolic OH excluding ortho intramolecular Hbond substituents is 1. The first kappa shape index (κ1) is 30.3. The Morgan fingerprint density at radius 1 is 0.510 bits per heavy atom. The zero-order chi connectivity index (χ0) is 33.2. The molecular formula is C46H34O3. The minimum absolute atomic E-state index is 0.105. The van der Waals surface area contributed by atoms with Crippen LogP contribution in [-0.4, -0.2) is 23.4 Å². The molecule has 0 bridgehead atoms. The van der Waals surface area contributed by atoms with E-state index in [-0.39, 0.29) is 19.0 Å². The molecule has 3 nitrogen and oxygen atoms in total. The SMILES string of the molecule is OCCOc1ccc2cc(CC#Cc3ccc4ccccc4c3)ccc2c1-c1c(O)ccc2cc(Cc3ccc4ccccc4c3)ccc12. The van der Waals surface area contributed by atoms with Crippen LogP contribution in [-0.2, 0) is 12.8 Å². The lowest BCUT2D eigenvalue weighted by Crippen LogP contribution is -2.03. The minimum atomic E-state index is -0.105. The number of hydrogen-bond acceptors (Lipinski definition) is 3. The van der Waals surface area contributed by atoms with Crippen molar-refractivity contribution in [3.8, 4) is 34.5 Å². The van der Waals surface area contributed by atoms with Crippen LogP contribution in [0.15, 0.2) is 146 Å². The van der Waals surface area contributed by atoms with Crippen molar-refractivity contribution in [3.05, 3.63) is 168 Å². The number of fused-ring (bicyclic) bond motifs is 4. The molecule has 0 amide bonds. The van der Waals surface area contributed by atoms with Gasteiger partial charge in [0.2, 0.25) is 0 Å². The highest BCUT2D eigenvalue weighted by Gasteiger charge is 2.19. The summed E-state index contributed by atoms with van der Waals surface area (Å²) in [7, 11) is 0. The Kier molecular flexibility index (Phi) is 8.15. The van der Waals surface area contributed by atoms with Crippen LogP contribution in [0.25, 0.3) is 54.2 Å². The fourth-order valence-electron chi connectivity index (χ4n) is 6.84. The van der Waals surface area contributed by atoms with Gasteiger partial charge in [-0.05, 0) is 90.5 Å². The molecule has 236 valence electrons. The summed E-state index contributed by atoms with van der Waals surface area (Å²) in [5, 5.41) is 29.8. The van der Waals surface area contributed by atoms with E-state index in [9.17, 15) is 10.2 Å². The Bertz CT molecular complexity index is 2570. The molecule has 0 aliphatic carbocycles. The van der Waals surface area contributed by atoms with Gasteiger partial charge in [0, 0.05) is 23.1 Å². The Morgan fingerprint density at radius 3 is 1.84 bits per heavy atom. The molecule has 0 aliphatic rings. The van der Waals surface area contributed by atoms with Gasteiger partial charge < -0.3 is 14.9 Å². The summed E-state index contributed by atoms with van der Waals surface area (Å²) in [6.07, 6.45) is 1.42. The molecule has 0 radical (unpaired) electrons. The van der Waals surface area contributed by atoms with E-state index in [4.69, 9.17) is 4.74 Å². The van der Waals surface area contributed by atoms with Crippen LogP contribution in [0.4, 0.5) is 0 Å². The molecule has 8 aromatic rings. The molecule has 8 aromatic carbocycles. The second kappa shape index (κ2) is 13.2. The van der Waals surface area contributed by atoms with Crippen molar-refractivity contribution in [2.75, 3.05) is 13.2 Å². The molecule has 49 heavy (non-hydrogen) atoms. The van der Waals surface area contributed by atoms with Gasteiger partial charge in [-0.3, -0.25) is 0 Å². The van der Waals surface area contributed by atoms with Crippen molar-refractivity contribution < 1.29 is 14.9 Å². The third-order valence-corrected chi connectivity index (χ3v) is 9.20. The quantitative estimate of drug-likeness (QED) is 0.172. The van der Waals surface area contributed by atoms with Gasteiger partial charge in [-0.1, -0.05) is 133 Å². The number of aromatic hydroxyl groups is 1. The highest BCUT2D eigenvalue weighted by molar-refractivity contribution is 6.10. The van der Waals surface area contributed by atoms with E-state index < -0.39 is 0 Å². The van der Waals surface area contributed by atoms with Crippen molar-refractivity contribution in [1.29, 1.82) is 0 Å². The largest absolute Gasteiger partial charge is 0.507 e. The zero-order valence-corrected chi connectivity index (χ0v) is 27.0. The van der Waals surface area contributed by atoms with Crippen molar-refractivity contribution in [2.24, 2.45) is 0 Å². The van der Waals surface area contributed by atoms with E-state index in [1.165, 1.54) is 32.7 Å². The summed E-state index contributed by atoms with van der Waals surface area (Å²) >= 11 is 0. The van der Waals surface area contributed by atoms with Gasteiger partial charge in [0.15, 0.2) is 0 Å². The maximum Gasteiger partial charge on any atom is 0.128 e. The van der Waals surface area contributed by atoms with Crippen LogP contribution in [0.1, 0.15) is 22.3 Å². The monoisotopic (exact) mass is 634 g/mol. The van der Waals surface area contributed by atoms with Crippen LogP contribution in [0, 0.1) is 11.8 Å². The molecular weight excluding hydrogens is 601 g/mol. The lowest BCUT2D eigenvalue weighted by molar-refractivity contribution is 0.202. The van der Waals surface area contributed by atoms with Crippen molar-refractivity contribution in [3.63, 3.8) is 0 Å². The first-order chi connectivity index (χ1) is 24.1. The molecule has 3 heteroatoms. The molecule has 0 aromatic heterocycles. The fourth-order valence-corrected chi connectivity index (χ4v) is 6.84. The van der Waals surface area contributed by atoms with E-state index in [0.717, 1.165) is 50.2 Å². The first-order valence-corrected chi connectivity index (χ1v) is 16.6. The highest BCUT2D eigenvalue weighted by atomic mass is 16.5. The molecule has 0 fully saturated rings. The van der Waals surface area contributed by atoms with Gasteiger partial charge in [-0.2, -0.15) is 0 Å². The Morgan fingerprint density at radius 2 is 1.08 bits per heavy atom. The van der Waals surface area contributed by atoms with Crippen LogP contribution in [0.3, 0.4) is 0 Å². The summed E-state index contributed by atoms with van der Waals surface area (Å²) < 4.78 is 6.08. The molecule has 0 aliphatic heterocycles. The lowest BCUT2D eigenvalue weighted by atomic mass is 9.90. The Hall–Kier alpha value is -6.08. The number of aliphatic hydroxyl groups is 1. The summed E-state index contributed by atoms with van der Waals surface area (Å²) in [5.74, 6) is 7.49. The van der Waals surface area contributed by atoms with Crippen LogP contribution < -0.4 is 4.74 Å². The predicted molar refractivity (Wildman–Crippen MR) is 202 cm³/mol. The second-order valence-electron chi connectivity index (χ2n) is 12.5. The summed E-state index contributed by atoms with van der Waals surface area (Å²) in [5.41, 5.74) is 6.09. The van der Waals surface area contributed by atoms with Gasteiger partial charge in [0.1, 0.15) is 18.1 Å². The number of benzene rings is 8. The van der Waals surface area contributed by atoms with E-state index >= 15 is 0 Å². The van der Waals surface area contributed by atoms with Crippen molar-refractivity contribution >= 4 is 43.1 Å². The third-order valence-electron chi connectivity index (χ3n) is 9.20. The van der Waals surface area contributed by atoms with Gasteiger partial charge in [0.25, 0.3) is 0 Å². The van der Waals surface area contributed by atoms with Crippen molar-refractivity contribution in [2.45, 2.75) is 12.8 Å². The molecule has 2 N–H and O–H groups in total. The Balaban J connectivity index is 1.15. The summed E-state index contributed by atoms with van der Waals surface area (Å²) in [6, 6.07) is 50.2. The maximum atomic E-state index is 11.4. The van der Waals surface area contributed by atoms with E-state index in [1.807, 2.05) is 30.3 Å². The number of rotatable bonds is 7. The average molecular weight is 635 g/mol. The van der Waals surface area contributed by atoms with Crippen LogP contribution in [0.5, 0.6) is 11.5 Å². The van der Waals surface area contributed by atoms with Crippen LogP contribution >= 0.6 is 0 Å². The van der Waals surface area contributed by atoms with Gasteiger partial charge in [0.05, 0.1) is 6.61 Å². The smallest absolute Gasteiger partial charge is 0.128 e. The highest BCUT2D eigenvalue weighted by Crippen LogP contribution is 2.45. The first-order valence-electron chi connectivity index (χ1n) is 16.6. The van der Waals surface area contributed by atoms with Gasteiger partial charge in [-0.25, -0.2) is 0 Å². The molecule has 0 saturated carbocycles.